The van der Waals surface area contributed by atoms with Crippen molar-refractivity contribution >= 4 is 0 Å². The monoisotopic (exact) mass is 259 g/mol. The number of likely N-dealkylation sites (tertiary alicyclic amines) is 1. The van der Waals surface area contributed by atoms with Gasteiger partial charge in [-0.1, -0.05) is 18.2 Å². The molecule has 2 atom stereocenters. The third kappa shape index (κ3) is 2.52. The van der Waals surface area contributed by atoms with Crippen molar-refractivity contribution in [3.05, 3.63) is 35.4 Å². The largest absolute Gasteiger partial charge is 0.416 e. The van der Waals surface area contributed by atoms with Crippen molar-refractivity contribution in [1.82, 2.24) is 4.90 Å². The number of hydrogen-bond acceptors (Lipinski definition) is 2. The van der Waals surface area contributed by atoms with E-state index in [2.05, 4.69) is 0 Å². The van der Waals surface area contributed by atoms with Crippen LogP contribution >= 0.6 is 0 Å². The van der Waals surface area contributed by atoms with Crippen LogP contribution in [0.15, 0.2) is 24.3 Å². The Labute approximate surface area is 104 Å². The van der Waals surface area contributed by atoms with Gasteiger partial charge in [0.2, 0.25) is 0 Å². The highest BCUT2D eigenvalue weighted by Gasteiger charge is 2.37. The molecule has 1 heterocycles. The Hall–Kier alpha value is -1.07. The number of benzene rings is 1. The minimum absolute atomic E-state index is 0.0567. The number of alkyl halides is 3. The molecule has 0 bridgehead atoms. The Bertz CT molecular complexity index is 419. The van der Waals surface area contributed by atoms with Gasteiger partial charge in [0.1, 0.15) is 6.23 Å². The van der Waals surface area contributed by atoms with E-state index in [1.807, 2.05) is 6.92 Å². The first-order valence-electron chi connectivity index (χ1n) is 6.01. The highest BCUT2D eigenvalue weighted by Crippen LogP contribution is 2.37. The van der Waals surface area contributed by atoms with Crippen molar-refractivity contribution in [3.8, 4) is 0 Å². The molecule has 5 heteroatoms. The zero-order valence-electron chi connectivity index (χ0n) is 10.1. The average molecular weight is 259 g/mol. The smallest absolute Gasteiger partial charge is 0.374 e. The molecule has 100 valence electrons. The van der Waals surface area contributed by atoms with Gasteiger partial charge >= 0.3 is 6.18 Å². The Morgan fingerprint density at radius 3 is 2.56 bits per heavy atom. The Balaban J connectivity index is 2.33. The van der Waals surface area contributed by atoms with Gasteiger partial charge in [0.05, 0.1) is 5.56 Å². The van der Waals surface area contributed by atoms with Crippen LogP contribution in [0.4, 0.5) is 13.2 Å². The molecule has 0 radical (unpaired) electrons. The minimum Gasteiger partial charge on any atom is -0.374 e. The van der Waals surface area contributed by atoms with Crippen LogP contribution in [0.5, 0.6) is 0 Å². The summed E-state index contributed by atoms with van der Waals surface area (Å²) in [5.41, 5.74) is -0.810. The summed E-state index contributed by atoms with van der Waals surface area (Å²) in [6.45, 7) is 2.56. The van der Waals surface area contributed by atoms with Crippen molar-refractivity contribution in [2.45, 2.75) is 38.2 Å². The summed E-state index contributed by atoms with van der Waals surface area (Å²) in [5, 5.41) is 10.2. The van der Waals surface area contributed by atoms with Gasteiger partial charge in [0.15, 0.2) is 0 Å². The fraction of sp³-hybridized carbons (Fsp3) is 0.538. The first kappa shape index (κ1) is 13.4. The average Bonchev–Trinajstić information content (AvgIpc) is 2.73. The van der Waals surface area contributed by atoms with Crippen molar-refractivity contribution in [2.75, 3.05) is 6.54 Å². The summed E-state index contributed by atoms with van der Waals surface area (Å²) >= 11 is 0. The van der Waals surface area contributed by atoms with Crippen LogP contribution in [0.1, 0.15) is 37.1 Å². The SMILES string of the molecule is CC1CCCN1C(O)c1ccccc1C(F)(F)F. The normalized spacial score (nSPS) is 23.3. The summed E-state index contributed by atoms with van der Waals surface area (Å²) in [6, 6.07) is 5.33. The highest BCUT2D eigenvalue weighted by atomic mass is 19.4. The van der Waals surface area contributed by atoms with Gasteiger partial charge in [0, 0.05) is 18.2 Å². The van der Waals surface area contributed by atoms with E-state index in [0.717, 1.165) is 18.9 Å². The lowest BCUT2D eigenvalue weighted by Crippen LogP contribution is -2.32. The van der Waals surface area contributed by atoms with Crippen molar-refractivity contribution in [1.29, 1.82) is 0 Å². The maximum Gasteiger partial charge on any atom is 0.416 e. The topological polar surface area (TPSA) is 23.5 Å². The molecule has 1 aromatic rings. The molecule has 18 heavy (non-hydrogen) atoms. The van der Waals surface area contributed by atoms with Crippen molar-refractivity contribution < 1.29 is 18.3 Å². The highest BCUT2D eigenvalue weighted by molar-refractivity contribution is 5.31. The van der Waals surface area contributed by atoms with Crippen molar-refractivity contribution in [2.24, 2.45) is 0 Å². The van der Waals surface area contributed by atoms with Gasteiger partial charge in [-0.15, -0.1) is 0 Å². The van der Waals surface area contributed by atoms with Crippen LogP contribution in [0.3, 0.4) is 0 Å². The number of hydrogen-bond donors (Lipinski definition) is 1. The second-order valence-electron chi connectivity index (χ2n) is 4.69. The molecule has 1 aromatic carbocycles. The number of aliphatic hydroxyl groups is 1. The number of halogens is 3. The molecular weight excluding hydrogens is 243 g/mol. The molecule has 0 spiro atoms. The molecule has 0 amide bonds. The maximum atomic E-state index is 12.9. The molecule has 1 saturated heterocycles. The zero-order chi connectivity index (χ0) is 13.3. The zero-order valence-corrected chi connectivity index (χ0v) is 10.1. The van der Waals surface area contributed by atoms with E-state index in [9.17, 15) is 18.3 Å². The summed E-state index contributed by atoms with van der Waals surface area (Å²) in [6.07, 6.45) is -3.79. The Morgan fingerprint density at radius 2 is 2.00 bits per heavy atom. The fourth-order valence-corrected chi connectivity index (χ4v) is 2.48. The first-order chi connectivity index (χ1) is 8.41. The van der Waals surface area contributed by atoms with Gasteiger partial charge in [-0.05, 0) is 25.8 Å². The minimum atomic E-state index is -4.43. The van der Waals surface area contributed by atoms with Crippen LogP contribution in [0, 0.1) is 0 Å². The van der Waals surface area contributed by atoms with E-state index < -0.39 is 18.0 Å². The summed E-state index contributed by atoms with van der Waals surface area (Å²) < 4.78 is 38.6. The van der Waals surface area contributed by atoms with Gasteiger partial charge in [-0.2, -0.15) is 13.2 Å². The summed E-state index contributed by atoms with van der Waals surface area (Å²) in [5.74, 6) is 0. The third-order valence-electron chi connectivity index (χ3n) is 3.46. The summed E-state index contributed by atoms with van der Waals surface area (Å²) in [7, 11) is 0. The number of aliphatic hydroxyl groups excluding tert-OH is 1. The molecule has 1 aliphatic rings. The molecule has 2 nitrogen and oxygen atoms in total. The third-order valence-corrected chi connectivity index (χ3v) is 3.46. The molecule has 0 saturated carbocycles. The molecule has 2 unspecified atom stereocenters. The van der Waals surface area contributed by atoms with E-state index in [0.29, 0.717) is 6.54 Å². The van der Waals surface area contributed by atoms with E-state index in [1.165, 1.54) is 18.2 Å². The molecule has 0 aliphatic carbocycles. The second kappa shape index (κ2) is 4.90. The van der Waals surface area contributed by atoms with E-state index in [1.54, 1.807) is 4.90 Å². The lowest BCUT2D eigenvalue weighted by molar-refractivity contribution is -0.140. The molecule has 1 fully saturated rings. The van der Waals surface area contributed by atoms with Crippen LogP contribution in [0.2, 0.25) is 0 Å². The molecular formula is C13H16F3NO. The Morgan fingerprint density at radius 1 is 1.33 bits per heavy atom. The van der Waals surface area contributed by atoms with Gasteiger partial charge in [-0.25, -0.2) is 0 Å². The lowest BCUT2D eigenvalue weighted by atomic mass is 10.0. The number of rotatable bonds is 2. The molecule has 1 N–H and O–H groups in total. The standard InChI is InChI=1S/C13H16F3NO/c1-9-5-4-8-17(9)12(18)10-6-2-3-7-11(10)13(14,15)16/h2-3,6-7,9,12,18H,4-5,8H2,1H3. The van der Waals surface area contributed by atoms with Crippen LogP contribution in [-0.4, -0.2) is 22.6 Å². The molecule has 1 aliphatic heterocycles. The summed E-state index contributed by atoms with van der Waals surface area (Å²) in [4.78, 5) is 1.71. The number of nitrogens with zero attached hydrogens (tertiary/aromatic N) is 1. The predicted octanol–water partition coefficient (Wildman–Crippen LogP) is 3.18. The Kier molecular flexibility index (Phi) is 3.64. The molecule has 0 aromatic heterocycles. The van der Waals surface area contributed by atoms with Crippen LogP contribution in [-0.2, 0) is 6.18 Å². The van der Waals surface area contributed by atoms with Crippen LogP contribution < -0.4 is 0 Å². The van der Waals surface area contributed by atoms with Crippen molar-refractivity contribution in [3.63, 3.8) is 0 Å². The van der Waals surface area contributed by atoms with Gasteiger partial charge in [0.25, 0.3) is 0 Å². The predicted molar refractivity (Wildman–Crippen MR) is 61.8 cm³/mol. The van der Waals surface area contributed by atoms with Crippen LogP contribution in [0.25, 0.3) is 0 Å². The molecule has 2 rings (SSSR count). The van der Waals surface area contributed by atoms with E-state index in [-0.39, 0.29) is 11.6 Å². The van der Waals surface area contributed by atoms with E-state index >= 15 is 0 Å². The fourth-order valence-electron chi connectivity index (χ4n) is 2.48. The first-order valence-corrected chi connectivity index (χ1v) is 6.01. The lowest BCUT2D eigenvalue weighted by Gasteiger charge is -2.29. The van der Waals surface area contributed by atoms with Gasteiger partial charge in [-0.3, -0.25) is 4.90 Å². The van der Waals surface area contributed by atoms with Gasteiger partial charge < -0.3 is 5.11 Å². The van der Waals surface area contributed by atoms with E-state index in [4.69, 9.17) is 0 Å². The maximum absolute atomic E-state index is 12.9. The second-order valence-corrected chi connectivity index (χ2v) is 4.69. The quantitative estimate of drug-likeness (QED) is 0.881.